The van der Waals surface area contributed by atoms with Crippen LogP contribution in [-0.2, 0) is 23.7 Å². The Balaban J connectivity index is 3.00. The molecule has 0 bridgehead atoms. The lowest BCUT2D eigenvalue weighted by molar-refractivity contribution is -0.0114. The van der Waals surface area contributed by atoms with E-state index in [1.165, 1.54) is 109 Å². The molecule has 5 heteroatoms. The highest BCUT2D eigenvalue weighted by Gasteiger charge is 1.96. The Hall–Kier alpha value is -0.200. The average Bonchev–Trinajstić information content (AvgIpc) is 2.87. The van der Waals surface area contributed by atoms with Crippen LogP contribution in [0.25, 0.3) is 0 Å². The molecule has 0 rings (SSSR count). The van der Waals surface area contributed by atoms with Crippen LogP contribution in [0.15, 0.2) is 0 Å². The number of rotatable bonds is 32. The van der Waals surface area contributed by atoms with Crippen LogP contribution in [0, 0.1) is 0 Å². The smallest absolute Gasteiger partial charge is 0.0701 e. The summed E-state index contributed by atoms with van der Waals surface area (Å²) in [7, 11) is 0. The topological polar surface area (TPSA) is 46.2 Å². The maximum atomic E-state index is 5.66. The van der Waals surface area contributed by atoms with Crippen LogP contribution in [0.1, 0.15) is 129 Å². The quantitative estimate of drug-likeness (QED) is 0.0869. The van der Waals surface area contributed by atoms with Crippen LogP contribution >= 0.6 is 0 Å². The van der Waals surface area contributed by atoms with Gasteiger partial charge in [-0.3, -0.25) is 0 Å². The van der Waals surface area contributed by atoms with Gasteiger partial charge in [-0.2, -0.15) is 0 Å². The van der Waals surface area contributed by atoms with Gasteiger partial charge in [-0.1, -0.05) is 117 Å². The first-order valence-corrected chi connectivity index (χ1v) is 15.3. The van der Waals surface area contributed by atoms with E-state index in [9.17, 15) is 0 Å². The predicted octanol–water partition coefficient (Wildman–Crippen LogP) is 8.13. The summed E-state index contributed by atoms with van der Waals surface area (Å²) < 4.78 is 27.8. The molecule has 0 N–H and O–H groups in total. The predicted molar refractivity (Wildman–Crippen MR) is 149 cm³/mol. The molecular weight excluding hydrogens is 440 g/mol. The van der Waals surface area contributed by atoms with Crippen molar-refractivity contribution in [2.45, 2.75) is 129 Å². The van der Waals surface area contributed by atoms with Gasteiger partial charge in [-0.15, -0.1) is 0 Å². The van der Waals surface area contributed by atoms with Crippen molar-refractivity contribution in [2.75, 3.05) is 66.1 Å². The molecule has 0 aromatic heterocycles. The fourth-order valence-corrected chi connectivity index (χ4v) is 4.01. The highest BCUT2D eigenvalue weighted by Crippen LogP contribution is 2.12. The van der Waals surface area contributed by atoms with E-state index in [1.54, 1.807) is 0 Å². The second-order valence-electron chi connectivity index (χ2n) is 9.72. The van der Waals surface area contributed by atoms with E-state index in [2.05, 4.69) is 13.8 Å². The zero-order valence-corrected chi connectivity index (χ0v) is 23.8. The molecule has 0 aliphatic heterocycles. The maximum absolute atomic E-state index is 5.66. The third-order valence-corrected chi connectivity index (χ3v) is 6.27. The molecule has 0 radical (unpaired) electrons. The summed E-state index contributed by atoms with van der Waals surface area (Å²) in [5.74, 6) is 0. The lowest BCUT2D eigenvalue weighted by Gasteiger charge is -2.08. The molecule has 0 saturated heterocycles. The van der Waals surface area contributed by atoms with E-state index in [-0.39, 0.29) is 0 Å². The zero-order valence-electron chi connectivity index (χ0n) is 23.8. The fourth-order valence-electron chi connectivity index (χ4n) is 4.01. The van der Waals surface area contributed by atoms with Crippen LogP contribution < -0.4 is 0 Å². The van der Waals surface area contributed by atoms with Gasteiger partial charge in [0.05, 0.1) is 52.9 Å². The van der Waals surface area contributed by atoms with E-state index in [4.69, 9.17) is 23.7 Å². The molecule has 0 aliphatic rings. The number of hydrogen-bond acceptors (Lipinski definition) is 5. The average molecular weight is 503 g/mol. The maximum Gasteiger partial charge on any atom is 0.0701 e. The van der Waals surface area contributed by atoms with Crippen molar-refractivity contribution in [3.63, 3.8) is 0 Å². The van der Waals surface area contributed by atoms with Crippen LogP contribution in [0.4, 0.5) is 0 Å². The standard InChI is InChI=1S/C30H62O5/c1-3-5-7-9-10-11-12-13-14-15-16-17-18-20-22-32-24-26-34-28-30-35-29-27-33-25-23-31-21-19-8-6-4-2/h3-30H2,1-2H3. The zero-order chi connectivity index (χ0) is 25.3. The first-order valence-electron chi connectivity index (χ1n) is 15.3. The van der Waals surface area contributed by atoms with E-state index < -0.39 is 0 Å². The third kappa shape index (κ3) is 33.8. The molecule has 0 aliphatic carbocycles. The Bertz CT molecular complexity index is 322. The lowest BCUT2D eigenvalue weighted by Crippen LogP contribution is -2.13. The van der Waals surface area contributed by atoms with Crippen LogP contribution in [0.5, 0.6) is 0 Å². The van der Waals surface area contributed by atoms with Gasteiger partial charge in [0.2, 0.25) is 0 Å². The molecule has 5 nitrogen and oxygen atoms in total. The first-order chi connectivity index (χ1) is 17.4. The molecule has 0 unspecified atom stereocenters. The molecule has 0 saturated carbocycles. The second-order valence-corrected chi connectivity index (χ2v) is 9.72. The SMILES string of the molecule is CCCCCCCCCCCCCCCCOCCOCCOCCOCCOCCCCCC. The van der Waals surface area contributed by atoms with Crippen LogP contribution in [0.2, 0.25) is 0 Å². The minimum absolute atomic E-state index is 0.607. The molecule has 0 amide bonds. The van der Waals surface area contributed by atoms with Gasteiger partial charge in [0.25, 0.3) is 0 Å². The fraction of sp³-hybridized carbons (Fsp3) is 1.00. The van der Waals surface area contributed by atoms with Gasteiger partial charge >= 0.3 is 0 Å². The molecule has 0 spiro atoms. The van der Waals surface area contributed by atoms with E-state index in [0.29, 0.717) is 52.9 Å². The molecule has 0 heterocycles. The summed E-state index contributed by atoms with van der Waals surface area (Å²) >= 11 is 0. The van der Waals surface area contributed by atoms with Crippen molar-refractivity contribution in [2.24, 2.45) is 0 Å². The molecule has 0 aromatic rings. The second kappa shape index (κ2) is 33.8. The van der Waals surface area contributed by atoms with Crippen LogP contribution in [-0.4, -0.2) is 66.1 Å². The van der Waals surface area contributed by atoms with Crippen molar-refractivity contribution < 1.29 is 23.7 Å². The van der Waals surface area contributed by atoms with Gasteiger partial charge in [0.1, 0.15) is 0 Å². The molecule has 212 valence electrons. The van der Waals surface area contributed by atoms with Gasteiger partial charge in [0, 0.05) is 13.2 Å². The summed E-state index contributed by atoms with van der Waals surface area (Å²) in [5.41, 5.74) is 0. The Morgan fingerprint density at radius 3 is 0.714 bits per heavy atom. The molecule has 35 heavy (non-hydrogen) atoms. The van der Waals surface area contributed by atoms with Crippen LogP contribution in [0.3, 0.4) is 0 Å². The summed E-state index contributed by atoms with van der Waals surface area (Å²) in [6.07, 6.45) is 24.4. The minimum Gasteiger partial charge on any atom is -0.379 e. The normalized spacial score (nSPS) is 11.5. The van der Waals surface area contributed by atoms with Crippen molar-refractivity contribution in [1.29, 1.82) is 0 Å². The number of unbranched alkanes of at least 4 members (excludes halogenated alkanes) is 16. The van der Waals surface area contributed by atoms with Gasteiger partial charge in [0.15, 0.2) is 0 Å². The summed E-state index contributed by atoms with van der Waals surface area (Å²) in [6.45, 7) is 11.3. The summed E-state index contributed by atoms with van der Waals surface area (Å²) in [6, 6.07) is 0. The Kier molecular flexibility index (Phi) is 33.6. The highest BCUT2D eigenvalue weighted by molar-refractivity contribution is 4.49. The van der Waals surface area contributed by atoms with Crippen molar-refractivity contribution in [1.82, 2.24) is 0 Å². The number of ether oxygens (including phenoxy) is 5. The van der Waals surface area contributed by atoms with Crippen molar-refractivity contribution in [3.05, 3.63) is 0 Å². The Morgan fingerprint density at radius 2 is 0.429 bits per heavy atom. The number of hydrogen-bond donors (Lipinski definition) is 0. The summed E-state index contributed by atoms with van der Waals surface area (Å²) in [4.78, 5) is 0. The Labute approximate surface area is 219 Å². The monoisotopic (exact) mass is 502 g/mol. The Morgan fingerprint density at radius 1 is 0.229 bits per heavy atom. The van der Waals surface area contributed by atoms with Crippen molar-refractivity contribution >= 4 is 0 Å². The molecule has 0 atom stereocenters. The molecule has 0 fully saturated rings. The summed E-state index contributed by atoms with van der Waals surface area (Å²) in [5, 5.41) is 0. The minimum atomic E-state index is 0.607. The largest absolute Gasteiger partial charge is 0.379 e. The van der Waals surface area contributed by atoms with Gasteiger partial charge < -0.3 is 23.7 Å². The molecular formula is C30H62O5. The van der Waals surface area contributed by atoms with Gasteiger partial charge in [-0.05, 0) is 12.8 Å². The van der Waals surface area contributed by atoms with Gasteiger partial charge in [-0.25, -0.2) is 0 Å². The van der Waals surface area contributed by atoms with Crippen molar-refractivity contribution in [3.8, 4) is 0 Å². The highest BCUT2D eigenvalue weighted by atomic mass is 16.6. The van der Waals surface area contributed by atoms with E-state index in [1.807, 2.05) is 0 Å². The van der Waals surface area contributed by atoms with E-state index >= 15 is 0 Å². The first kappa shape index (κ1) is 34.8. The molecule has 0 aromatic carbocycles. The third-order valence-electron chi connectivity index (χ3n) is 6.27. The van der Waals surface area contributed by atoms with E-state index in [0.717, 1.165) is 19.6 Å². The lowest BCUT2D eigenvalue weighted by atomic mass is 10.0.